The zero-order valence-electron chi connectivity index (χ0n) is 28.1. The second kappa shape index (κ2) is 29.9. The molecule has 0 aromatic carbocycles. The van der Waals surface area contributed by atoms with Gasteiger partial charge < -0.3 is 34.0 Å². The topological polar surface area (TPSA) is 58.2 Å². The van der Waals surface area contributed by atoms with Crippen molar-refractivity contribution in [3.8, 4) is 0 Å². The molecular formula is C33H70Br2N4O2. The van der Waals surface area contributed by atoms with E-state index in [0.29, 0.717) is 22.0 Å². The molecule has 0 rings (SSSR count). The molecule has 0 heterocycles. The number of carbonyl (C=O) groups excluding carboxylic acids is 2. The maximum atomic E-state index is 12.4. The van der Waals surface area contributed by atoms with Crippen LogP contribution in [0, 0.1) is 0 Å². The summed E-state index contributed by atoms with van der Waals surface area (Å²) in [6.07, 6.45) is 27.9. The number of rotatable bonds is 28. The number of unbranched alkanes of at least 4 members (excludes halogenated alkanes) is 18. The number of amides is 2. The third-order valence-electron chi connectivity index (χ3n) is 7.80. The Morgan fingerprint density at radius 3 is 0.927 bits per heavy atom. The zero-order valence-corrected chi connectivity index (χ0v) is 31.3. The normalized spacial score (nSPS) is 11.5. The molecule has 0 aromatic rings. The molecule has 0 saturated heterocycles. The fourth-order valence-electron chi connectivity index (χ4n) is 5.31. The van der Waals surface area contributed by atoms with E-state index in [9.17, 15) is 9.59 Å². The van der Waals surface area contributed by atoms with Crippen molar-refractivity contribution < 1.29 is 52.7 Å². The molecule has 0 aliphatic rings. The lowest BCUT2D eigenvalue weighted by molar-refractivity contribution is -0.943. The van der Waals surface area contributed by atoms with Gasteiger partial charge in [0.1, 0.15) is 13.1 Å². The molecule has 0 radical (unpaired) electrons. The minimum absolute atomic E-state index is 0. The second-order valence-electron chi connectivity index (χ2n) is 13.1. The van der Waals surface area contributed by atoms with Crippen LogP contribution in [0.3, 0.4) is 0 Å². The summed E-state index contributed by atoms with van der Waals surface area (Å²) in [5.41, 5.74) is 6.36. The molecule has 0 atom stereocenters. The maximum Gasteiger partial charge on any atom is 0.264 e. The van der Waals surface area contributed by atoms with Crippen molar-refractivity contribution >= 4 is 11.8 Å². The Balaban J connectivity index is -0.00000722. The number of quaternary nitrogens is 2. The molecule has 2 amide bonds. The van der Waals surface area contributed by atoms with Gasteiger partial charge in [-0.2, -0.15) is 0 Å². The molecule has 0 bridgehead atoms. The molecular weight excluding hydrogens is 644 g/mol. The van der Waals surface area contributed by atoms with E-state index in [2.05, 4.69) is 52.9 Å². The lowest BCUT2D eigenvalue weighted by Crippen LogP contribution is -3.00. The van der Waals surface area contributed by atoms with Crippen LogP contribution >= 0.6 is 0 Å². The first-order valence-electron chi connectivity index (χ1n) is 16.9. The van der Waals surface area contributed by atoms with Crippen molar-refractivity contribution in [2.75, 3.05) is 41.3 Å². The van der Waals surface area contributed by atoms with Crippen LogP contribution < -0.4 is 44.8 Å². The fourth-order valence-corrected chi connectivity index (χ4v) is 5.31. The summed E-state index contributed by atoms with van der Waals surface area (Å²) in [5.74, 6) is 0.302. The molecule has 0 unspecified atom stereocenters. The fraction of sp³-hybridized carbons (Fsp3) is 0.939. The monoisotopic (exact) mass is 712 g/mol. The van der Waals surface area contributed by atoms with Gasteiger partial charge in [-0.1, -0.05) is 129 Å². The molecule has 2 N–H and O–H groups in total. The Morgan fingerprint density at radius 2 is 0.659 bits per heavy atom. The van der Waals surface area contributed by atoms with Crippen molar-refractivity contribution in [2.24, 2.45) is 0 Å². The van der Waals surface area contributed by atoms with Gasteiger partial charge in [0.15, 0.2) is 0 Å². The predicted molar refractivity (Wildman–Crippen MR) is 168 cm³/mol. The Bertz CT molecular complexity index is 554. The maximum absolute atomic E-state index is 12.4. The van der Waals surface area contributed by atoms with Gasteiger partial charge in [0.05, 0.1) is 34.6 Å². The molecule has 248 valence electrons. The number of carbonyl (C=O) groups is 2. The van der Waals surface area contributed by atoms with Crippen LogP contribution in [0.15, 0.2) is 0 Å². The summed E-state index contributed by atoms with van der Waals surface area (Å²) in [6.45, 7) is 6.22. The first-order chi connectivity index (χ1) is 18.6. The van der Waals surface area contributed by atoms with Crippen LogP contribution in [0.2, 0.25) is 0 Å². The average Bonchev–Trinajstić information content (AvgIpc) is 2.85. The van der Waals surface area contributed by atoms with Crippen LogP contribution in [-0.2, 0) is 9.59 Å². The van der Waals surface area contributed by atoms with Gasteiger partial charge in [0.25, 0.3) is 11.8 Å². The van der Waals surface area contributed by atoms with E-state index in [0.717, 1.165) is 45.2 Å². The molecule has 0 aliphatic heterocycles. The highest BCUT2D eigenvalue weighted by atomic mass is 79.9. The molecule has 6 nitrogen and oxygen atoms in total. The van der Waals surface area contributed by atoms with E-state index in [-0.39, 0.29) is 45.8 Å². The molecule has 0 saturated carbocycles. The van der Waals surface area contributed by atoms with E-state index in [1.807, 2.05) is 0 Å². The SMILES string of the molecule is CCCCCCCCCCCCC(=O)N[N+](C)(C)CCC[N+](C)(C)NC(=O)CCCCCCCCCCCC.[Br-].[Br-]. The van der Waals surface area contributed by atoms with Crippen LogP contribution in [0.25, 0.3) is 0 Å². The summed E-state index contributed by atoms with van der Waals surface area (Å²) in [6, 6.07) is 0. The number of nitrogens with one attached hydrogen (secondary N) is 2. The summed E-state index contributed by atoms with van der Waals surface area (Å²) in [7, 11) is 8.22. The first kappa shape index (κ1) is 45.3. The second-order valence-corrected chi connectivity index (χ2v) is 13.1. The van der Waals surface area contributed by atoms with Crippen molar-refractivity contribution in [3.05, 3.63) is 0 Å². The van der Waals surface area contributed by atoms with Crippen LogP contribution in [0.4, 0.5) is 0 Å². The highest BCUT2D eigenvalue weighted by Gasteiger charge is 2.23. The van der Waals surface area contributed by atoms with Crippen molar-refractivity contribution in [3.63, 3.8) is 0 Å². The van der Waals surface area contributed by atoms with Crippen LogP contribution in [0.1, 0.15) is 162 Å². The zero-order chi connectivity index (χ0) is 29.2. The van der Waals surface area contributed by atoms with Gasteiger partial charge in [-0.15, -0.1) is 0 Å². The van der Waals surface area contributed by atoms with Gasteiger partial charge in [-0.25, -0.2) is 20.0 Å². The van der Waals surface area contributed by atoms with E-state index >= 15 is 0 Å². The van der Waals surface area contributed by atoms with Gasteiger partial charge in [-0.3, -0.25) is 9.59 Å². The molecule has 41 heavy (non-hydrogen) atoms. The van der Waals surface area contributed by atoms with E-state index in [1.54, 1.807) is 0 Å². The first-order valence-corrected chi connectivity index (χ1v) is 16.9. The average molecular weight is 715 g/mol. The Kier molecular flexibility index (Phi) is 33.0. The van der Waals surface area contributed by atoms with Gasteiger partial charge in [0.2, 0.25) is 0 Å². The summed E-state index contributed by atoms with van der Waals surface area (Å²) in [5, 5.41) is 0. The molecule has 0 aliphatic carbocycles. The predicted octanol–water partition coefficient (Wildman–Crippen LogP) is 2.22. The Labute approximate surface area is 277 Å². The van der Waals surface area contributed by atoms with Gasteiger partial charge >= 0.3 is 0 Å². The summed E-state index contributed by atoms with van der Waals surface area (Å²) >= 11 is 0. The van der Waals surface area contributed by atoms with Gasteiger partial charge in [-0.05, 0) is 12.8 Å². The minimum Gasteiger partial charge on any atom is -1.00 e. The molecule has 8 heteroatoms. The highest BCUT2D eigenvalue weighted by Crippen LogP contribution is 2.13. The van der Waals surface area contributed by atoms with E-state index in [4.69, 9.17) is 0 Å². The largest absolute Gasteiger partial charge is 1.00 e. The molecule has 0 spiro atoms. The smallest absolute Gasteiger partial charge is 0.264 e. The third kappa shape index (κ3) is 32.6. The number of nitrogens with zero attached hydrogens (tertiary/aromatic N) is 2. The van der Waals surface area contributed by atoms with Crippen molar-refractivity contribution in [1.29, 1.82) is 0 Å². The van der Waals surface area contributed by atoms with Crippen molar-refractivity contribution in [1.82, 2.24) is 10.9 Å². The van der Waals surface area contributed by atoms with E-state index < -0.39 is 0 Å². The number of hydrogen-bond acceptors (Lipinski definition) is 2. The highest BCUT2D eigenvalue weighted by molar-refractivity contribution is 5.74. The lowest BCUT2D eigenvalue weighted by atomic mass is 10.1. The third-order valence-corrected chi connectivity index (χ3v) is 7.80. The number of hydrogen-bond donors (Lipinski definition) is 2. The minimum atomic E-state index is 0. The quantitative estimate of drug-likeness (QED) is 0.0743. The van der Waals surface area contributed by atoms with Crippen LogP contribution in [-0.4, -0.2) is 62.3 Å². The Morgan fingerprint density at radius 1 is 0.415 bits per heavy atom. The summed E-state index contributed by atoms with van der Waals surface area (Å²) < 4.78 is 0.978. The molecule has 0 aromatic heterocycles. The van der Waals surface area contributed by atoms with Crippen molar-refractivity contribution in [2.45, 2.75) is 162 Å². The summed E-state index contributed by atoms with van der Waals surface area (Å²) in [4.78, 5) is 24.9. The number of halogens is 2. The standard InChI is InChI=1S/C33H68N4O2.2BrH/c1-7-9-11-13-15-17-19-21-23-25-28-32(38)34-36(3,4)30-27-31-37(5,6)35-33(39)29-26-24-22-20-18-16-14-12-10-8-2;;/h7-31H2,1-6H3;2*1H. The van der Waals surface area contributed by atoms with E-state index in [1.165, 1.54) is 103 Å². The van der Waals surface area contributed by atoms with Crippen LogP contribution in [0.5, 0.6) is 0 Å². The Hall–Kier alpha value is -0.180. The molecule has 0 fully saturated rings. The van der Waals surface area contributed by atoms with Gasteiger partial charge in [0, 0.05) is 12.8 Å². The lowest BCUT2D eigenvalue weighted by Gasteiger charge is -2.32.